The van der Waals surface area contributed by atoms with Gasteiger partial charge in [0.25, 0.3) is 0 Å². The lowest BCUT2D eigenvalue weighted by atomic mass is 10.3. The SMILES string of the molecule is Cc1cc(NC(=O)Cn2ccc(-c3nc4ccccc4n3C)n2)n(C)n1.O=C(O)C(F)(F)F. The van der Waals surface area contributed by atoms with Crippen LogP contribution in [0.25, 0.3) is 22.6 Å². The van der Waals surface area contributed by atoms with E-state index in [9.17, 15) is 18.0 Å². The molecule has 174 valence electrons. The number of carboxylic acids is 1. The summed E-state index contributed by atoms with van der Waals surface area (Å²) in [5, 5.41) is 18.7. The number of aromatic nitrogens is 6. The van der Waals surface area contributed by atoms with Gasteiger partial charge in [-0.15, -0.1) is 0 Å². The maximum absolute atomic E-state index is 12.3. The number of hydrogen-bond donors (Lipinski definition) is 2. The van der Waals surface area contributed by atoms with Crippen LogP contribution in [0.1, 0.15) is 5.69 Å². The molecule has 0 aliphatic carbocycles. The average Bonchev–Trinajstić information content (AvgIpc) is 3.40. The van der Waals surface area contributed by atoms with Gasteiger partial charge in [0.1, 0.15) is 18.1 Å². The Kier molecular flexibility index (Phi) is 6.51. The lowest BCUT2D eigenvalue weighted by Gasteiger charge is -2.05. The molecule has 13 heteroatoms. The number of carbonyl (C=O) groups is 2. The predicted molar refractivity (Wildman–Crippen MR) is 112 cm³/mol. The highest BCUT2D eigenvalue weighted by Crippen LogP contribution is 2.22. The van der Waals surface area contributed by atoms with E-state index in [0.29, 0.717) is 5.82 Å². The number of amides is 1. The molecular formula is C20H20F3N7O3. The van der Waals surface area contributed by atoms with Crippen molar-refractivity contribution in [3.05, 3.63) is 48.3 Å². The number of rotatable bonds is 4. The Morgan fingerprint density at radius 3 is 2.36 bits per heavy atom. The van der Waals surface area contributed by atoms with Gasteiger partial charge < -0.3 is 15.0 Å². The van der Waals surface area contributed by atoms with Crippen molar-refractivity contribution < 1.29 is 27.9 Å². The van der Waals surface area contributed by atoms with Gasteiger partial charge in [0.2, 0.25) is 5.91 Å². The van der Waals surface area contributed by atoms with Crippen molar-refractivity contribution in [2.75, 3.05) is 5.32 Å². The molecule has 2 N–H and O–H groups in total. The lowest BCUT2D eigenvalue weighted by Crippen LogP contribution is -2.21. The summed E-state index contributed by atoms with van der Waals surface area (Å²) in [5.74, 6) is -1.48. The number of hydrogen-bond acceptors (Lipinski definition) is 5. The highest BCUT2D eigenvalue weighted by atomic mass is 19.4. The van der Waals surface area contributed by atoms with E-state index in [-0.39, 0.29) is 12.5 Å². The minimum Gasteiger partial charge on any atom is -0.475 e. The molecule has 0 aliphatic heterocycles. The highest BCUT2D eigenvalue weighted by Gasteiger charge is 2.38. The van der Waals surface area contributed by atoms with Gasteiger partial charge in [-0.1, -0.05) is 12.1 Å². The van der Waals surface area contributed by atoms with E-state index < -0.39 is 12.1 Å². The molecular weight excluding hydrogens is 443 g/mol. The number of para-hydroxylation sites is 2. The molecule has 0 atom stereocenters. The first-order valence-corrected chi connectivity index (χ1v) is 9.51. The average molecular weight is 463 g/mol. The fourth-order valence-electron chi connectivity index (χ4n) is 3.00. The van der Waals surface area contributed by atoms with Gasteiger partial charge in [0.05, 0.1) is 16.7 Å². The zero-order chi connectivity index (χ0) is 24.3. The zero-order valence-electron chi connectivity index (χ0n) is 17.8. The van der Waals surface area contributed by atoms with Gasteiger partial charge in [-0.25, -0.2) is 9.78 Å². The van der Waals surface area contributed by atoms with Crippen LogP contribution >= 0.6 is 0 Å². The largest absolute Gasteiger partial charge is 0.490 e. The van der Waals surface area contributed by atoms with E-state index in [4.69, 9.17) is 9.90 Å². The minimum atomic E-state index is -5.08. The first kappa shape index (κ1) is 23.5. The van der Waals surface area contributed by atoms with E-state index in [2.05, 4.69) is 20.5 Å². The van der Waals surface area contributed by atoms with Crippen LogP contribution in [0.2, 0.25) is 0 Å². The Labute approximate surface area is 185 Å². The summed E-state index contributed by atoms with van der Waals surface area (Å²) in [6, 6.07) is 11.6. The van der Waals surface area contributed by atoms with Crippen LogP contribution in [0, 0.1) is 6.92 Å². The molecule has 4 aromatic rings. The number of carbonyl (C=O) groups excluding carboxylic acids is 1. The van der Waals surface area contributed by atoms with E-state index >= 15 is 0 Å². The number of benzene rings is 1. The standard InChI is InChI=1S/C18H19N7O.C2HF3O2/c1-12-10-16(24(3)21-12)20-17(26)11-25-9-8-14(22-25)18-19-13-6-4-5-7-15(13)23(18)2;3-2(4,5)1(6)7/h4-10H,11H2,1-3H3,(H,20,26);(H,6,7). The van der Waals surface area contributed by atoms with E-state index in [1.54, 1.807) is 22.6 Å². The molecule has 1 aromatic carbocycles. The number of aliphatic carboxylic acids is 1. The van der Waals surface area contributed by atoms with E-state index in [1.165, 1.54) is 0 Å². The first-order valence-electron chi connectivity index (χ1n) is 9.51. The molecule has 0 bridgehead atoms. The summed E-state index contributed by atoms with van der Waals surface area (Å²) in [6.07, 6.45) is -3.30. The number of alkyl halides is 3. The number of imidazole rings is 1. The predicted octanol–water partition coefficient (Wildman–Crippen LogP) is 2.75. The Hall–Kier alpha value is -4.16. The number of fused-ring (bicyclic) bond motifs is 1. The van der Waals surface area contributed by atoms with Crippen molar-refractivity contribution >= 4 is 28.7 Å². The van der Waals surface area contributed by atoms with Crippen LogP contribution in [-0.2, 0) is 30.2 Å². The number of nitrogens with zero attached hydrogens (tertiary/aromatic N) is 6. The molecule has 1 amide bonds. The zero-order valence-corrected chi connectivity index (χ0v) is 17.8. The van der Waals surface area contributed by atoms with Crippen LogP contribution in [0.5, 0.6) is 0 Å². The number of carboxylic acid groups (broad SMARTS) is 1. The van der Waals surface area contributed by atoms with Crippen LogP contribution in [0.4, 0.5) is 19.0 Å². The smallest absolute Gasteiger partial charge is 0.475 e. The Morgan fingerprint density at radius 2 is 1.79 bits per heavy atom. The number of anilines is 1. The van der Waals surface area contributed by atoms with Crippen molar-refractivity contribution in [1.82, 2.24) is 29.1 Å². The summed E-state index contributed by atoms with van der Waals surface area (Å²) in [5.41, 5.74) is 3.55. The Balaban J connectivity index is 0.000000383. The maximum atomic E-state index is 12.3. The summed E-state index contributed by atoms with van der Waals surface area (Å²) < 4.78 is 37.0. The third-order valence-electron chi connectivity index (χ3n) is 4.47. The van der Waals surface area contributed by atoms with Gasteiger partial charge >= 0.3 is 12.1 Å². The third-order valence-corrected chi connectivity index (χ3v) is 4.47. The fourth-order valence-corrected chi connectivity index (χ4v) is 3.00. The van der Waals surface area contributed by atoms with Crippen molar-refractivity contribution in [2.45, 2.75) is 19.6 Å². The van der Waals surface area contributed by atoms with Crippen molar-refractivity contribution in [1.29, 1.82) is 0 Å². The van der Waals surface area contributed by atoms with E-state index in [0.717, 1.165) is 28.2 Å². The van der Waals surface area contributed by atoms with Gasteiger partial charge in [0.15, 0.2) is 5.82 Å². The third kappa shape index (κ3) is 5.56. The highest BCUT2D eigenvalue weighted by molar-refractivity contribution is 5.89. The summed E-state index contributed by atoms with van der Waals surface area (Å²) in [6.45, 7) is 2.00. The molecule has 0 aliphatic rings. The van der Waals surface area contributed by atoms with Gasteiger partial charge in [-0.05, 0) is 25.1 Å². The molecule has 3 heterocycles. The Bertz CT molecular complexity index is 1300. The number of aryl methyl sites for hydroxylation is 3. The molecule has 4 rings (SSSR count). The van der Waals surface area contributed by atoms with Crippen LogP contribution in [-0.4, -0.2) is 52.3 Å². The Morgan fingerprint density at radius 1 is 1.12 bits per heavy atom. The maximum Gasteiger partial charge on any atom is 0.490 e. The summed E-state index contributed by atoms with van der Waals surface area (Å²) >= 11 is 0. The van der Waals surface area contributed by atoms with Gasteiger partial charge in [-0.2, -0.15) is 23.4 Å². The van der Waals surface area contributed by atoms with Crippen LogP contribution in [0.3, 0.4) is 0 Å². The second-order valence-corrected chi connectivity index (χ2v) is 7.03. The van der Waals surface area contributed by atoms with Crippen molar-refractivity contribution in [2.24, 2.45) is 14.1 Å². The fraction of sp³-hybridized carbons (Fsp3) is 0.250. The van der Waals surface area contributed by atoms with E-state index in [1.807, 2.05) is 54.9 Å². The van der Waals surface area contributed by atoms with Crippen LogP contribution < -0.4 is 5.32 Å². The first-order chi connectivity index (χ1) is 15.5. The molecule has 3 aromatic heterocycles. The summed E-state index contributed by atoms with van der Waals surface area (Å²) in [4.78, 5) is 25.8. The molecule has 0 radical (unpaired) electrons. The molecule has 33 heavy (non-hydrogen) atoms. The number of halogens is 3. The normalized spacial score (nSPS) is 11.2. The minimum absolute atomic E-state index is 0.119. The van der Waals surface area contributed by atoms with Gasteiger partial charge in [-0.3, -0.25) is 14.2 Å². The molecule has 0 fully saturated rings. The molecule has 0 saturated carbocycles. The second kappa shape index (κ2) is 9.14. The molecule has 0 saturated heterocycles. The molecule has 0 spiro atoms. The number of nitrogens with one attached hydrogen (secondary N) is 1. The van der Waals surface area contributed by atoms with Crippen LogP contribution in [0.15, 0.2) is 42.6 Å². The quantitative estimate of drug-likeness (QED) is 0.480. The monoisotopic (exact) mass is 463 g/mol. The van der Waals surface area contributed by atoms with Crippen molar-refractivity contribution in [3.8, 4) is 11.5 Å². The van der Waals surface area contributed by atoms with Crippen molar-refractivity contribution in [3.63, 3.8) is 0 Å². The molecule has 10 nitrogen and oxygen atoms in total. The topological polar surface area (TPSA) is 120 Å². The van der Waals surface area contributed by atoms with Gasteiger partial charge in [0, 0.05) is 26.4 Å². The molecule has 0 unspecified atom stereocenters. The summed E-state index contributed by atoms with van der Waals surface area (Å²) in [7, 11) is 3.75. The second-order valence-electron chi connectivity index (χ2n) is 7.03. The lowest BCUT2D eigenvalue weighted by molar-refractivity contribution is -0.192.